The van der Waals surface area contributed by atoms with Gasteiger partial charge in [0.1, 0.15) is 19.0 Å². The molecule has 0 atom stereocenters. The van der Waals surface area contributed by atoms with Gasteiger partial charge in [-0.15, -0.1) is 5.10 Å². The summed E-state index contributed by atoms with van der Waals surface area (Å²) in [5, 5.41) is 28.4. The van der Waals surface area contributed by atoms with E-state index in [1.807, 2.05) is 38.1 Å². The summed E-state index contributed by atoms with van der Waals surface area (Å²) in [4.78, 5) is 0. The van der Waals surface area contributed by atoms with Crippen molar-refractivity contribution in [1.82, 2.24) is 14.8 Å². The second kappa shape index (κ2) is 6.83. The molecule has 2 N–H and O–H groups in total. The summed E-state index contributed by atoms with van der Waals surface area (Å²) in [6.45, 7) is 5.45. The molecule has 27 heavy (non-hydrogen) atoms. The number of phenols is 1. The molecule has 7 nitrogen and oxygen atoms in total. The van der Waals surface area contributed by atoms with Gasteiger partial charge in [0.05, 0.1) is 12.1 Å². The second-order valence-corrected chi connectivity index (χ2v) is 6.73. The van der Waals surface area contributed by atoms with Crippen molar-refractivity contribution < 1.29 is 19.7 Å². The van der Waals surface area contributed by atoms with Crippen molar-refractivity contribution in [1.29, 1.82) is 0 Å². The summed E-state index contributed by atoms with van der Waals surface area (Å²) in [6, 6.07) is 11.8. The first kappa shape index (κ1) is 17.2. The minimum atomic E-state index is -0.224. The molecule has 0 bridgehead atoms. The predicted molar refractivity (Wildman–Crippen MR) is 98.2 cm³/mol. The van der Waals surface area contributed by atoms with Gasteiger partial charge in [-0.25, -0.2) is 0 Å². The van der Waals surface area contributed by atoms with E-state index < -0.39 is 0 Å². The van der Waals surface area contributed by atoms with Crippen LogP contribution in [0.3, 0.4) is 0 Å². The number of nitrogens with zero attached hydrogens (tertiary/aromatic N) is 3. The summed E-state index contributed by atoms with van der Waals surface area (Å²) >= 11 is 0. The van der Waals surface area contributed by atoms with Gasteiger partial charge in [0.25, 0.3) is 0 Å². The first-order chi connectivity index (χ1) is 13.0. The van der Waals surface area contributed by atoms with Crippen molar-refractivity contribution in [2.75, 3.05) is 13.2 Å². The Balaban J connectivity index is 1.72. The summed E-state index contributed by atoms with van der Waals surface area (Å²) in [7, 11) is 0. The molecule has 0 spiro atoms. The Labute approximate surface area is 156 Å². The van der Waals surface area contributed by atoms with Crippen LogP contribution in [0, 0.1) is 6.07 Å². The molecule has 1 radical (unpaired) electrons. The molecule has 0 aliphatic carbocycles. The van der Waals surface area contributed by atoms with Crippen molar-refractivity contribution in [2.24, 2.45) is 0 Å². The first-order valence-electron chi connectivity index (χ1n) is 8.78. The molecular weight excluding hydrogens is 346 g/mol. The highest BCUT2D eigenvalue weighted by Crippen LogP contribution is 2.34. The van der Waals surface area contributed by atoms with Gasteiger partial charge in [-0.05, 0) is 47.4 Å². The maximum Gasteiger partial charge on any atom is 0.315 e. The molecule has 0 unspecified atom stereocenters. The molecular formula is C20H20N3O4. The van der Waals surface area contributed by atoms with Crippen molar-refractivity contribution in [3.63, 3.8) is 0 Å². The number of ether oxygens (including phenoxy) is 2. The van der Waals surface area contributed by atoms with E-state index >= 15 is 0 Å². The topological polar surface area (TPSA) is 89.6 Å². The third kappa shape index (κ3) is 3.28. The quantitative estimate of drug-likeness (QED) is 0.737. The molecule has 139 valence electrons. The Bertz CT molecular complexity index is 981. The van der Waals surface area contributed by atoms with E-state index in [1.54, 1.807) is 4.57 Å². The smallest absolute Gasteiger partial charge is 0.315 e. The molecule has 0 saturated heterocycles. The maximum absolute atomic E-state index is 10.3. The third-order valence-corrected chi connectivity index (χ3v) is 4.49. The van der Waals surface area contributed by atoms with Gasteiger partial charge < -0.3 is 19.7 Å². The number of hydrogen-bond donors (Lipinski definition) is 2. The van der Waals surface area contributed by atoms with Crippen LogP contribution in [0.4, 0.5) is 0 Å². The van der Waals surface area contributed by atoms with Crippen molar-refractivity contribution in [3.05, 3.63) is 47.5 Å². The lowest BCUT2D eigenvalue weighted by Crippen LogP contribution is -2.15. The molecule has 2 heterocycles. The van der Waals surface area contributed by atoms with Gasteiger partial charge in [0.2, 0.25) is 0 Å². The Morgan fingerprint density at radius 3 is 2.67 bits per heavy atom. The lowest BCUT2D eigenvalue weighted by molar-refractivity contribution is 0.171. The van der Waals surface area contributed by atoms with Crippen LogP contribution in [0.5, 0.6) is 23.3 Å². The van der Waals surface area contributed by atoms with Crippen molar-refractivity contribution in [2.45, 2.75) is 26.3 Å². The number of phenolic OH excluding ortho intramolecular Hbond substituents is 1. The summed E-state index contributed by atoms with van der Waals surface area (Å²) in [5.41, 5.74) is 2.33. The van der Waals surface area contributed by atoms with Crippen LogP contribution in [-0.4, -0.2) is 38.2 Å². The highest BCUT2D eigenvalue weighted by atomic mass is 16.6. The Hall–Kier alpha value is -3.22. The molecule has 0 fully saturated rings. The number of aromatic nitrogens is 3. The molecule has 0 saturated carbocycles. The fourth-order valence-corrected chi connectivity index (χ4v) is 3.02. The van der Waals surface area contributed by atoms with Gasteiger partial charge in [0.15, 0.2) is 17.3 Å². The largest absolute Gasteiger partial charge is 0.507 e. The molecule has 1 aromatic heterocycles. The maximum atomic E-state index is 10.3. The normalized spacial score (nSPS) is 13.1. The predicted octanol–water partition coefficient (Wildman–Crippen LogP) is 3.10. The Morgan fingerprint density at radius 1 is 1.11 bits per heavy atom. The molecule has 1 aliphatic heterocycles. The minimum absolute atomic E-state index is 0.0372. The average Bonchev–Trinajstić information content (AvgIpc) is 3.02. The van der Waals surface area contributed by atoms with Gasteiger partial charge >= 0.3 is 6.01 Å². The van der Waals surface area contributed by atoms with Crippen LogP contribution in [0.25, 0.3) is 11.4 Å². The highest BCUT2D eigenvalue weighted by Gasteiger charge is 2.19. The monoisotopic (exact) mass is 366 g/mol. The molecule has 4 rings (SSSR count). The van der Waals surface area contributed by atoms with Crippen LogP contribution >= 0.6 is 0 Å². The second-order valence-electron chi connectivity index (χ2n) is 6.73. The van der Waals surface area contributed by atoms with Crippen LogP contribution in [0.2, 0.25) is 0 Å². The highest BCUT2D eigenvalue weighted by molar-refractivity contribution is 5.65. The number of rotatable bonds is 4. The van der Waals surface area contributed by atoms with E-state index in [2.05, 4.69) is 16.3 Å². The minimum Gasteiger partial charge on any atom is -0.507 e. The zero-order valence-corrected chi connectivity index (χ0v) is 15.1. The van der Waals surface area contributed by atoms with E-state index in [0.717, 1.165) is 11.1 Å². The SMILES string of the molecule is CC(C)c1[c]cc(O)c(-c2nnc(O)n2Cc2ccc3c(c2)OCCO3)c1. The Morgan fingerprint density at radius 2 is 1.89 bits per heavy atom. The van der Waals surface area contributed by atoms with E-state index in [0.29, 0.717) is 42.6 Å². The van der Waals surface area contributed by atoms with Crippen LogP contribution in [-0.2, 0) is 6.54 Å². The summed E-state index contributed by atoms with van der Waals surface area (Å²) in [6.07, 6.45) is 0. The number of benzene rings is 2. The standard InChI is InChI=1S/C20H20N3O4/c1-12(2)14-4-5-16(24)15(10-14)19-21-22-20(25)23(19)11-13-3-6-17-18(9-13)27-8-7-26-17/h3,5-6,9-10,12,24H,7-8,11H2,1-2H3,(H,22,25). The van der Waals surface area contributed by atoms with Gasteiger partial charge in [-0.2, -0.15) is 0 Å². The van der Waals surface area contributed by atoms with Crippen molar-refractivity contribution in [3.8, 4) is 34.6 Å². The van der Waals surface area contributed by atoms with Crippen LogP contribution < -0.4 is 9.47 Å². The lowest BCUT2D eigenvalue weighted by atomic mass is 10.00. The summed E-state index contributed by atoms with van der Waals surface area (Å²) < 4.78 is 12.7. The number of fused-ring (bicyclic) bond motifs is 1. The number of aromatic hydroxyl groups is 2. The molecule has 7 heteroatoms. The van der Waals surface area contributed by atoms with Crippen molar-refractivity contribution >= 4 is 0 Å². The molecule has 2 aromatic carbocycles. The van der Waals surface area contributed by atoms with E-state index in [4.69, 9.17) is 9.47 Å². The van der Waals surface area contributed by atoms with Gasteiger partial charge in [0, 0.05) is 0 Å². The third-order valence-electron chi connectivity index (χ3n) is 4.49. The number of hydrogen-bond acceptors (Lipinski definition) is 6. The zero-order chi connectivity index (χ0) is 19.0. The van der Waals surface area contributed by atoms with Gasteiger partial charge in [-0.3, -0.25) is 4.57 Å². The summed E-state index contributed by atoms with van der Waals surface area (Å²) in [5.74, 6) is 2.04. The molecule has 1 aliphatic rings. The lowest BCUT2D eigenvalue weighted by Gasteiger charge is -2.19. The van der Waals surface area contributed by atoms with E-state index in [9.17, 15) is 10.2 Å². The average molecular weight is 366 g/mol. The first-order valence-corrected chi connectivity index (χ1v) is 8.78. The fourth-order valence-electron chi connectivity index (χ4n) is 3.02. The Kier molecular flexibility index (Phi) is 4.35. The van der Waals surface area contributed by atoms with E-state index in [1.165, 1.54) is 6.07 Å². The van der Waals surface area contributed by atoms with E-state index in [-0.39, 0.29) is 17.7 Å². The van der Waals surface area contributed by atoms with Crippen LogP contribution in [0.1, 0.15) is 30.9 Å². The van der Waals surface area contributed by atoms with Gasteiger partial charge in [-0.1, -0.05) is 25.0 Å². The fraction of sp³-hybridized carbons (Fsp3) is 0.300. The van der Waals surface area contributed by atoms with Crippen LogP contribution in [0.15, 0.2) is 30.3 Å². The molecule has 0 amide bonds. The zero-order valence-electron chi connectivity index (χ0n) is 15.1. The molecule has 3 aromatic rings.